The summed E-state index contributed by atoms with van der Waals surface area (Å²) in [5.41, 5.74) is 2.73. The first-order valence-corrected chi connectivity index (χ1v) is 11.0. The van der Waals surface area contributed by atoms with E-state index in [0.29, 0.717) is 25.1 Å². The van der Waals surface area contributed by atoms with E-state index >= 15 is 0 Å². The van der Waals surface area contributed by atoms with Gasteiger partial charge in [0.2, 0.25) is 0 Å². The first kappa shape index (κ1) is 21.3. The van der Waals surface area contributed by atoms with Crippen LogP contribution in [0.15, 0.2) is 66.7 Å². The molecular weight excluding hydrogens is 388 g/mol. The standard InChI is InChI=1S/C26H30N2O3/c1-2-31-26(30)24-12-5-6-13-25(24)28-16-14-27(15-17-28)19-22(29)18-21-10-7-9-20-8-3-4-11-23(20)21/h3-13,22,29H,2,14-19H2,1H3. The van der Waals surface area contributed by atoms with E-state index in [1.165, 1.54) is 16.3 Å². The Hall–Kier alpha value is -2.89. The third-order valence-corrected chi connectivity index (χ3v) is 5.92. The second-order valence-electron chi connectivity index (χ2n) is 8.02. The predicted octanol–water partition coefficient (Wildman–Crippen LogP) is 3.74. The zero-order valence-electron chi connectivity index (χ0n) is 18.0. The number of anilines is 1. The lowest BCUT2D eigenvalue weighted by atomic mass is 9.99. The summed E-state index contributed by atoms with van der Waals surface area (Å²) in [6.45, 7) is 6.18. The maximum absolute atomic E-state index is 12.3. The summed E-state index contributed by atoms with van der Waals surface area (Å²) in [6.07, 6.45) is 0.233. The van der Waals surface area contributed by atoms with E-state index in [9.17, 15) is 9.90 Å². The third kappa shape index (κ3) is 5.06. The number of β-amino-alcohol motifs (C(OH)–C–C–N with tert-alkyl or cyclic N) is 1. The van der Waals surface area contributed by atoms with Gasteiger partial charge in [0.1, 0.15) is 0 Å². The molecule has 1 unspecified atom stereocenters. The fourth-order valence-corrected chi connectivity index (χ4v) is 4.39. The van der Waals surface area contributed by atoms with Gasteiger partial charge in [-0.2, -0.15) is 0 Å². The summed E-state index contributed by atoms with van der Waals surface area (Å²) in [6, 6.07) is 22.2. The minimum atomic E-state index is -0.413. The molecule has 0 bridgehead atoms. The normalized spacial score (nSPS) is 15.7. The zero-order valence-corrected chi connectivity index (χ0v) is 18.0. The number of aliphatic hydroxyl groups excluding tert-OH is 1. The predicted molar refractivity (Wildman–Crippen MR) is 125 cm³/mol. The van der Waals surface area contributed by atoms with Gasteiger partial charge in [-0.3, -0.25) is 4.90 Å². The number of fused-ring (bicyclic) bond motifs is 1. The maximum Gasteiger partial charge on any atom is 0.340 e. The first-order chi connectivity index (χ1) is 15.2. The van der Waals surface area contributed by atoms with Crippen molar-refractivity contribution in [3.8, 4) is 0 Å². The molecule has 5 heteroatoms. The number of carbonyl (C=O) groups excluding carboxylic acids is 1. The van der Waals surface area contributed by atoms with Crippen LogP contribution in [-0.2, 0) is 11.2 Å². The molecule has 0 amide bonds. The highest BCUT2D eigenvalue weighted by Gasteiger charge is 2.23. The van der Waals surface area contributed by atoms with Crippen molar-refractivity contribution in [2.75, 3.05) is 44.2 Å². The Bertz CT molecular complexity index is 1020. The third-order valence-electron chi connectivity index (χ3n) is 5.92. The van der Waals surface area contributed by atoms with Crippen molar-refractivity contribution >= 4 is 22.4 Å². The zero-order chi connectivity index (χ0) is 21.6. The summed E-state index contributed by atoms with van der Waals surface area (Å²) in [5, 5.41) is 13.2. The molecule has 1 fully saturated rings. The highest BCUT2D eigenvalue weighted by atomic mass is 16.5. The number of hydrogen-bond donors (Lipinski definition) is 1. The molecule has 0 spiro atoms. The van der Waals surface area contributed by atoms with E-state index in [1.54, 1.807) is 0 Å². The molecule has 0 aromatic heterocycles. The molecule has 3 aromatic carbocycles. The molecule has 1 heterocycles. The van der Waals surface area contributed by atoms with Crippen molar-refractivity contribution in [2.45, 2.75) is 19.4 Å². The van der Waals surface area contributed by atoms with E-state index in [0.717, 1.165) is 31.9 Å². The summed E-state index contributed by atoms with van der Waals surface area (Å²) >= 11 is 0. The second kappa shape index (κ2) is 9.94. The molecule has 1 aliphatic heterocycles. The Morgan fingerprint density at radius 2 is 1.68 bits per heavy atom. The summed E-state index contributed by atoms with van der Waals surface area (Å²) in [5.74, 6) is -0.272. The van der Waals surface area contributed by atoms with Crippen LogP contribution < -0.4 is 4.90 Å². The number of hydrogen-bond acceptors (Lipinski definition) is 5. The van der Waals surface area contributed by atoms with Crippen LogP contribution >= 0.6 is 0 Å². The number of benzene rings is 3. The number of piperazine rings is 1. The first-order valence-electron chi connectivity index (χ1n) is 11.0. The van der Waals surface area contributed by atoms with Gasteiger partial charge in [0, 0.05) is 39.1 Å². The molecule has 1 N–H and O–H groups in total. The molecule has 5 nitrogen and oxygen atoms in total. The number of rotatable bonds is 7. The molecule has 4 rings (SSSR count). The van der Waals surface area contributed by atoms with Gasteiger partial charge in [0.05, 0.1) is 24.0 Å². The smallest absolute Gasteiger partial charge is 0.340 e. The van der Waals surface area contributed by atoms with Crippen LogP contribution in [-0.4, -0.2) is 61.4 Å². The van der Waals surface area contributed by atoms with Crippen LogP contribution in [0.3, 0.4) is 0 Å². The lowest BCUT2D eigenvalue weighted by Crippen LogP contribution is -2.49. The van der Waals surface area contributed by atoms with Crippen LogP contribution in [0.4, 0.5) is 5.69 Å². The summed E-state index contributed by atoms with van der Waals surface area (Å²) in [4.78, 5) is 16.8. The molecule has 0 aliphatic carbocycles. The number of aliphatic hydroxyl groups is 1. The van der Waals surface area contributed by atoms with Crippen molar-refractivity contribution in [3.63, 3.8) is 0 Å². The highest BCUT2D eigenvalue weighted by Crippen LogP contribution is 2.24. The van der Waals surface area contributed by atoms with Gasteiger partial charge in [-0.25, -0.2) is 4.79 Å². The van der Waals surface area contributed by atoms with Gasteiger partial charge < -0.3 is 14.7 Å². The summed E-state index contributed by atoms with van der Waals surface area (Å²) in [7, 11) is 0. The highest BCUT2D eigenvalue weighted by molar-refractivity contribution is 5.96. The molecule has 0 radical (unpaired) electrons. The number of para-hydroxylation sites is 1. The Morgan fingerprint density at radius 1 is 0.968 bits per heavy atom. The Morgan fingerprint density at radius 3 is 2.48 bits per heavy atom. The molecule has 162 valence electrons. The van der Waals surface area contributed by atoms with E-state index < -0.39 is 6.10 Å². The molecule has 0 saturated carbocycles. The van der Waals surface area contributed by atoms with Gasteiger partial charge in [0.15, 0.2) is 0 Å². The topological polar surface area (TPSA) is 53.0 Å². The second-order valence-corrected chi connectivity index (χ2v) is 8.02. The Balaban J connectivity index is 1.35. The molecule has 1 saturated heterocycles. The van der Waals surface area contributed by atoms with Gasteiger partial charge in [-0.05, 0) is 35.4 Å². The molecule has 1 atom stereocenters. The van der Waals surface area contributed by atoms with Gasteiger partial charge >= 0.3 is 5.97 Å². The van der Waals surface area contributed by atoms with E-state index in [-0.39, 0.29) is 5.97 Å². The average Bonchev–Trinajstić information content (AvgIpc) is 2.80. The lowest BCUT2D eigenvalue weighted by Gasteiger charge is -2.37. The Kier molecular flexibility index (Phi) is 6.85. The molecule has 31 heavy (non-hydrogen) atoms. The van der Waals surface area contributed by atoms with Crippen LogP contribution in [0, 0.1) is 0 Å². The molecular formula is C26H30N2O3. The lowest BCUT2D eigenvalue weighted by molar-refractivity contribution is 0.0527. The fourth-order valence-electron chi connectivity index (χ4n) is 4.39. The number of ether oxygens (including phenoxy) is 1. The van der Waals surface area contributed by atoms with E-state index in [1.807, 2.05) is 43.3 Å². The van der Waals surface area contributed by atoms with E-state index in [2.05, 4.69) is 40.1 Å². The summed E-state index contributed by atoms with van der Waals surface area (Å²) < 4.78 is 5.21. The van der Waals surface area contributed by atoms with Crippen molar-refractivity contribution in [1.82, 2.24) is 4.90 Å². The van der Waals surface area contributed by atoms with Crippen molar-refractivity contribution in [1.29, 1.82) is 0 Å². The fraction of sp³-hybridized carbons (Fsp3) is 0.346. The number of esters is 1. The van der Waals surface area contributed by atoms with Crippen LogP contribution in [0.5, 0.6) is 0 Å². The van der Waals surface area contributed by atoms with Gasteiger partial charge in [-0.15, -0.1) is 0 Å². The van der Waals surface area contributed by atoms with Crippen LogP contribution in [0.2, 0.25) is 0 Å². The van der Waals surface area contributed by atoms with Crippen molar-refractivity contribution in [2.24, 2.45) is 0 Å². The van der Waals surface area contributed by atoms with Crippen LogP contribution in [0.25, 0.3) is 10.8 Å². The van der Waals surface area contributed by atoms with Gasteiger partial charge in [-0.1, -0.05) is 54.6 Å². The van der Waals surface area contributed by atoms with Crippen molar-refractivity contribution in [3.05, 3.63) is 77.9 Å². The monoisotopic (exact) mass is 418 g/mol. The molecule has 3 aromatic rings. The van der Waals surface area contributed by atoms with Crippen LogP contribution in [0.1, 0.15) is 22.8 Å². The number of carbonyl (C=O) groups is 1. The Labute approximate surface area is 183 Å². The maximum atomic E-state index is 12.3. The average molecular weight is 419 g/mol. The van der Waals surface area contributed by atoms with Gasteiger partial charge in [0.25, 0.3) is 0 Å². The minimum absolute atomic E-state index is 0.272. The quantitative estimate of drug-likeness (QED) is 0.593. The SMILES string of the molecule is CCOC(=O)c1ccccc1N1CCN(CC(O)Cc2cccc3ccccc23)CC1. The van der Waals surface area contributed by atoms with E-state index in [4.69, 9.17) is 4.74 Å². The molecule has 1 aliphatic rings. The van der Waals surface area contributed by atoms with Crippen molar-refractivity contribution < 1.29 is 14.6 Å². The largest absolute Gasteiger partial charge is 0.462 e. The number of nitrogens with zero attached hydrogens (tertiary/aromatic N) is 2. The minimum Gasteiger partial charge on any atom is -0.462 e.